The number of benzene rings is 1. The minimum atomic E-state index is -0.617. The normalized spacial score (nSPS) is 16.0. The van der Waals surface area contributed by atoms with Gasteiger partial charge in [0.2, 0.25) is 0 Å². The number of hydrogen-bond donors (Lipinski definition) is 2. The van der Waals surface area contributed by atoms with Crippen LogP contribution in [0.15, 0.2) is 40.5 Å². The van der Waals surface area contributed by atoms with Gasteiger partial charge in [-0.05, 0) is 19.4 Å². The Hall–Kier alpha value is -2.14. The molecule has 0 unspecified atom stereocenters. The van der Waals surface area contributed by atoms with Crippen LogP contribution in [-0.2, 0) is 16.0 Å². The van der Waals surface area contributed by atoms with Crippen LogP contribution in [0.5, 0.6) is 0 Å². The number of H-pyrrole nitrogens is 1. The Morgan fingerprint density at radius 2 is 2.03 bits per heavy atom. The molecule has 1 aromatic carbocycles. The molecule has 9 heteroatoms. The molecule has 0 spiro atoms. The number of aromatic nitrogens is 2. The quantitative estimate of drug-likeness (QED) is 0.430. The SMILES string of the molecule is CC(C)OC[C@@H](O)CN(CCN1CCOCC1)Cc1nc2scc(-c3ccccc3)c2c(=O)[nH]1. The van der Waals surface area contributed by atoms with E-state index >= 15 is 0 Å². The average molecular weight is 487 g/mol. The van der Waals surface area contributed by atoms with Crippen molar-refractivity contribution in [3.63, 3.8) is 0 Å². The number of ether oxygens (including phenoxy) is 2. The molecule has 0 radical (unpaired) electrons. The summed E-state index contributed by atoms with van der Waals surface area (Å²) < 4.78 is 11.0. The van der Waals surface area contributed by atoms with E-state index in [0.717, 1.165) is 55.4 Å². The molecule has 0 saturated carbocycles. The number of thiophene rings is 1. The highest BCUT2D eigenvalue weighted by molar-refractivity contribution is 7.17. The molecule has 34 heavy (non-hydrogen) atoms. The third-order valence-corrected chi connectivity index (χ3v) is 6.75. The monoisotopic (exact) mass is 486 g/mol. The van der Waals surface area contributed by atoms with Gasteiger partial charge in [0.15, 0.2) is 0 Å². The van der Waals surface area contributed by atoms with Crippen molar-refractivity contribution in [2.24, 2.45) is 0 Å². The summed E-state index contributed by atoms with van der Waals surface area (Å²) in [4.78, 5) is 26.0. The molecular weight excluding hydrogens is 452 g/mol. The number of nitrogens with zero attached hydrogens (tertiary/aromatic N) is 3. The first-order chi connectivity index (χ1) is 16.5. The highest BCUT2D eigenvalue weighted by Gasteiger charge is 2.19. The number of rotatable bonds is 11. The third-order valence-electron chi connectivity index (χ3n) is 5.88. The fraction of sp³-hybridized carbons (Fsp3) is 0.520. The van der Waals surface area contributed by atoms with E-state index in [4.69, 9.17) is 14.5 Å². The fourth-order valence-corrected chi connectivity index (χ4v) is 5.07. The smallest absolute Gasteiger partial charge is 0.260 e. The maximum Gasteiger partial charge on any atom is 0.260 e. The van der Waals surface area contributed by atoms with E-state index in [2.05, 4.69) is 14.8 Å². The van der Waals surface area contributed by atoms with Crippen molar-refractivity contribution in [2.45, 2.75) is 32.6 Å². The van der Waals surface area contributed by atoms with E-state index in [-0.39, 0.29) is 18.3 Å². The fourth-order valence-electron chi connectivity index (χ4n) is 4.11. The number of fused-ring (bicyclic) bond motifs is 1. The van der Waals surface area contributed by atoms with Crippen molar-refractivity contribution < 1.29 is 14.6 Å². The molecule has 1 aliphatic heterocycles. The third kappa shape index (κ3) is 6.71. The van der Waals surface area contributed by atoms with E-state index in [9.17, 15) is 9.90 Å². The van der Waals surface area contributed by atoms with Gasteiger partial charge in [0.05, 0.1) is 44.0 Å². The summed E-state index contributed by atoms with van der Waals surface area (Å²) in [5.41, 5.74) is 1.79. The Labute approximate surface area is 204 Å². The molecule has 3 aromatic rings. The number of morpholine rings is 1. The average Bonchev–Trinajstić information content (AvgIpc) is 3.27. The van der Waals surface area contributed by atoms with Crippen molar-refractivity contribution >= 4 is 21.6 Å². The molecule has 8 nitrogen and oxygen atoms in total. The van der Waals surface area contributed by atoms with Gasteiger partial charge >= 0.3 is 0 Å². The van der Waals surface area contributed by atoms with Gasteiger partial charge in [-0.2, -0.15) is 0 Å². The van der Waals surface area contributed by atoms with Crippen LogP contribution in [0.2, 0.25) is 0 Å². The second-order valence-corrected chi connectivity index (χ2v) is 9.79. The van der Waals surface area contributed by atoms with Crippen LogP contribution >= 0.6 is 11.3 Å². The summed E-state index contributed by atoms with van der Waals surface area (Å²) >= 11 is 1.48. The molecule has 0 amide bonds. The van der Waals surface area contributed by atoms with Crippen molar-refractivity contribution in [1.29, 1.82) is 0 Å². The van der Waals surface area contributed by atoms with Crippen LogP contribution in [0.4, 0.5) is 0 Å². The van der Waals surface area contributed by atoms with Gasteiger partial charge in [0.25, 0.3) is 5.56 Å². The van der Waals surface area contributed by atoms with E-state index in [0.29, 0.717) is 24.3 Å². The minimum absolute atomic E-state index is 0.0644. The van der Waals surface area contributed by atoms with Crippen LogP contribution in [0.25, 0.3) is 21.3 Å². The van der Waals surface area contributed by atoms with Gasteiger partial charge < -0.3 is 19.6 Å². The van der Waals surface area contributed by atoms with Gasteiger partial charge in [-0.3, -0.25) is 14.6 Å². The van der Waals surface area contributed by atoms with Gasteiger partial charge in [0.1, 0.15) is 10.7 Å². The first kappa shape index (κ1) is 25.0. The maximum atomic E-state index is 13.0. The molecule has 4 rings (SSSR count). The second kappa shape index (κ2) is 12.0. The van der Waals surface area contributed by atoms with Gasteiger partial charge in [0, 0.05) is 43.7 Å². The lowest BCUT2D eigenvalue weighted by Gasteiger charge is -2.30. The molecule has 2 N–H and O–H groups in total. The summed E-state index contributed by atoms with van der Waals surface area (Å²) in [6.07, 6.45) is -0.552. The molecule has 184 valence electrons. The summed E-state index contributed by atoms with van der Waals surface area (Å²) in [5, 5.41) is 13.2. The van der Waals surface area contributed by atoms with Crippen molar-refractivity contribution in [2.75, 3.05) is 52.5 Å². The van der Waals surface area contributed by atoms with Crippen LogP contribution in [-0.4, -0.2) is 89.6 Å². The molecule has 0 bridgehead atoms. The number of aromatic amines is 1. The lowest BCUT2D eigenvalue weighted by Crippen LogP contribution is -2.43. The number of nitrogens with one attached hydrogen (secondary N) is 1. The molecule has 1 fully saturated rings. The summed E-state index contributed by atoms with van der Waals surface area (Å²) in [6.45, 7) is 10.0. The van der Waals surface area contributed by atoms with E-state index < -0.39 is 6.10 Å². The van der Waals surface area contributed by atoms with Crippen molar-refractivity contribution in [3.05, 3.63) is 51.9 Å². The van der Waals surface area contributed by atoms with Gasteiger partial charge in [-0.15, -0.1) is 11.3 Å². The Morgan fingerprint density at radius 3 is 2.76 bits per heavy atom. The first-order valence-corrected chi connectivity index (χ1v) is 12.8. The standard InChI is InChI=1S/C25H34N4O4S/c1-18(2)33-16-20(30)14-29(9-8-28-10-12-32-13-11-28)15-22-26-24(31)23-21(17-34-25(23)27-22)19-6-4-3-5-7-19/h3-7,17-18,20,30H,8-16H2,1-2H3,(H,26,27,31)/t20-/m0/s1. The Kier molecular flexibility index (Phi) is 8.82. The lowest BCUT2D eigenvalue weighted by atomic mass is 10.1. The number of hydrogen-bond acceptors (Lipinski definition) is 8. The Balaban J connectivity index is 1.50. The Morgan fingerprint density at radius 1 is 1.26 bits per heavy atom. The summed E-state index contributed by atoms with van der Waals surface area (Å²) in [5.74, 6) is 0.609. The van der Waals surface area contributed by atoms with Crippen molar-refractivity contribution in [3.8, 4) is 11.1 Å². The molecule has 2 aromatic heterocycles. The highest BCUT2D eigenvalue weighted by atomic mass is 32.1. The van der Waals surface area contributed by atoms with E-state index in [1.54, 1.807) is 0 Å². The number of aliphatic hydroxyl groups excluding tert-OH is 1. The second-order valence-electron chi connectivity index (χ2n) is 8.93. The van der Waals surface area contributed by atoms with E-state index in [1.807, 2.05) is 49.6 Å². The lowest BCUT2D eigenvalue weighted by molar-refractivity contribution is -0.0132. The number of aliphatic hydroxyl groups is 1. The maximum absolute atomic E-state index is 13.0. The van der Waals surface area contributed by atoms with E-state index in [1.165, 1.54) is 11.3 Å². The van der Waals surface area contributed by atoms with Gasteiger partial charge in [-0.25, -0.2) is 4.98 Å². The molecule has 3 heterocycles. The first-order valence-electron chi connectivity index (χ1n) is 11.9. The summed E-state index contributed by atoms with van der Waals surface area (Å²) in [7, 11) is 0. The summed E-state index contributed by atoms with van der Waals surface area (Å²) in [6, 6.07) is 9.90. The van der Waals surface area contributed by atoms with Gasteiger partial charge in [-0.1, -0.05) is 30.3 Å². The zero-order valence-electron chi connectivity index (χ0n) is 19.9. The molecule has 1 aliphatic rings. The van der Waals surface area contributed by atoms with Crippen LogP contribution < -0.4 is 5.56 Å². The predicted octanol–water partition coefficient (Wildman–Crippen LogP) is 2.57. The largest absolute Gasteiger partial charge is 0.389 e. The zero-order chi connectivity index (χ0) is 23.9. The molecule has 1 atom stereocenters. The van der Waals surface area contributed by atoms with Crippen LogP contribution in [0, 0.1) is 0 Å². The Bertz CT molecular complexity index is 1100. The van der Waals surface area contributed by atoms with Crippen molar-refractivity contribution in [1.82, 2.24) is 19.8 Å². The van der Waals surface area contributed by atoms with Crippen LogP contribution in [0.1, 0.15) is 19.7 Å². The molecular formula is C25H34N4O4S. The zero-order valence-corrected chi connectivity index (χ0v) is 20.7. The molecule has 0 aliphatic carbocycles. The molecule has 1 saturated heterocycles. The van der Waals surface area contributed by atoms with Crippen LogP contribution in [0.3, 0.4) is 0 Å². The topological polar surface area (TPSA) is 90.9 Å². The highest BCUT2D eigenvalue weighted by Crippen LogP contribution is 2.30. The predicted molar refractivity (Wildman–Crippen MR) is 135 cm³/mol. The minimum Gasteiger partial charge on any atom is -0.389 e.